The molecule has 8 heteroatoms. The van der Waals surface area contributed by atoms with Gasteiger partial charge in [0.25, 0.3) is 5.91 Å². The summed E-state index contributed by atoms with van der Waals surface area (Å²) in [6.45, 7) is 2.14. The molecule has 2 aromatic carbocycles. The standard InChI is InChI=1S/C22H24N4O4/c23-17-3-1-2-4-19(17)30-10-9-24-12-14-5-6-16-15(11-14)13-26(22(16)29)18-7-8-20(27)25-21(18)28/h1-6,11,18,24H,7-10,12-13,23H2,(H,25,27,28). The van der Waals surface area contributed by atoms with E-state index >= 15 is 0 Å². The van der Waals surface area contributed by atoms with E-state index in [4.69, 9.17) is 10.5 Å². The molecule has 0 aromatic heterocycles. The normalized spacial score (nSPS) is 18.3. The number of carbonyl (C=O) groups excluding carboxylic acids is 3. The summed E-state index contributed by atoms with van der Waals surface area (Å²) in [7, 11) is 0. The van der Waals surface area contributed by atoms with E-state index in [0.29, 0.717) is 49.7 Å². The Morgan fingerprint density at radius 3 is 2.80 bits per heavy atom. The summed E-state index contributed by atoms with van der Waals surface area (Å²) in [6, 6.07) is 12.5. The van der Waals surface area contributed by atoms with Crippen LogP contribution in [0.25, 0.3) is 0 Å². The molecule has 1 fully saturated rings. The topological polar surface area (TPSA) is 114 Å². The molecule has 30 heavy (non-hydrogen) atoms. The molecule has 1 unspecified atom stereocenters. The van der Waals surface area contributed by atoms with Crippen LogP contribution in [0.15, 0.2) is 42.5 Å². The average Bonchev–Trinajstić information content (AvgIpc) is 3.05. The smallest absolute Gasteiger partial charge is 0.255 e. The first kappa shape index (κ1) is 19.9. The number of piperidine rings is 1. The minimum absolute atomic E-state index is 0.159. The summed E-state index contributed by atoms with van der Waals surface area (Å²) in [6.07, 6.45) is 0.618. The third kappa shape index (κ3) is 4.13. The Labute approximate surface area is 174 Å². The van der Waals surface area contributed by atoms with Gasteiger partial charge in [-0.3, -0.25) is 19.7 Å². The van der Waals surface area contributed by atoms with Gasteiger partial charge in [-0.2, -0.15) is 0 Å². The van der Waals surface area contributed by atoms with Crippen molar-refractivity contribution in [3.05, 3.63) is 59.2 Å². The molecule has 8 nitrogen and oxygen atoms in total. The van der Waals surface area contributed by atoms with Crippen LogP contribution in [0.2, 0.25) is 0 Å². The third-order valence-corrected chi connectivity index (χ3v) is 5.37. The number of anilines is 1. The van der Waals surface area contributed by atoms with Gasteiger partial charge in [0.2, 0.25) is 11.8 Å². The largest absolute Gasteiger partial charge is 0.490 e. The van der Waals surface area contributed by atoms with E-state index in [1.807, 2.05) is 36.4 Å². The van der Waals surface area contributed by atoms with Gasteiger partial charge in [-0.15, -0.1) is 0 Å². The van der Waals surface area contributed by atoms with E-state index in [1.54, 1.807) is 11.0 Å². The molecule has 156 valence electrons. The highest BCUT2D eigenvalue weighted by molar-refractivity contribution is 6.05. The zero-order valence-electron chi connectivity index (χ0n) is 16.5. The first-order chi connectivity index (χ1) is 14.5. The van der Waals surface area contributed by atoms with Gasteiger partial charge in [0.05, 0.1) is 5.69 Å². The van der Waals surface area contributed by atoms with Gasteiger partial charge in [-0.25, -0.2) is 0 Å². The summed E-state index contributed by atoms with van der Waals surface area (Å²) >= 11 is 0. The quantitative estimate of drug-likeness (QED) is 0.360. The fourth-order valence-corrected chi connectivity index (χ4v) is 3.82. The lowest BCUT2D eigenvalue weighted by atomic mass is 10.0. The summed E-state index contributed by atoms with van der Waals surface area (Å²) in [5.74, 6) is -0.169. The SMILES string of the molecule is Nc1ccccc1OCCNCc1ccc2c(c1)CN(C1CCC(=O)NC1=O)C2=O. The van der Waals surface area contributed by atoms with Crippen LogP contribution in [0, 0.1) is 0 Å². The molecule has 1 saturated heterocycles. The molecular formula is C22H24N4O4. The number of ether oxygens (including phenoxy) is 1. The molecule has 4 N–H and O–H groups in total. The maximum Gasteiger partial charge on any atom is 0.255 e. The Balaban J connectivity index is 1.30. The second kappa shape index (κ2) is 8.54. The monoisotopic (exact) mass is 408 g/mol. The van der Waals surface area contributed by atoms with Crippen molar-refractivity contribution < 1.29 is 19.1 Å². The number of carbonyl (C=O) groups is 3. The van der Waals surface area contributed by atoms with Crippen molar-refractivity contribution in [2.75, 3.05) is 18.9 Å². The number of nitrogen functional groups attached to an aromatic ring is 1. The van der Waals surface area contributed by atoms with Gasteiger partial charge in [-0.1, -0.05) is 24.3 Å². The van der Waals surface area contributed by atoms with Gasteiger partial charge >= 0.3 is 0 Å². The molecule has 2 aliphatic rings. The number of para-hydroxylation sites is 2. The Bertz CT molecular complexity index is 991. The number of nitrogens with zero attached hydrogens (tertiary/aromatic N) is 1. The Kier molecular flexibility index (Phi) is 5.67. The van der Waals surface area contributed by atoms with E-state index in [1.165, 1.54) is 0 Å². The second-order valence-corrected chi connectivity index (χ2v) is 7.45. The van der Waals surface area contributed by atoms with E-state index in [9.17, 15) is 14.4 Å². The summed E-state index contributed by atoms with van der Waals surface area (Å²) < 4.78 is 5.66. The van der Waals surface area contributed by atoms with Crippen molar-refractivity contribution in [2.45, 2.75) is 32.0 Å². The number of fused-ring (bicyclic) bond motifs is 1. The maximum atomic E-state index is 12.7. The molecule has 0 radical (unpaired) electrons. The summed E-state index contributed by atoms with van der Waals surface area (Å²) in [4.78, 5) is 37.8. The van der Waals surface area contributed by atoms with Crippen molar-refractivity contribution in [3.8, 4) is 5.75 Å². The third-order valence-electron chi connectivity index (χ3n) is 5.37. The number of benzene rings is 2. The summed E-state index contributed by atoms with van der Waals surface area (Å²) in [5.41, 5.74) is 9.03. The van der Waals surface area contributed by atoms with Crippen LogP contribution < -0.4 is 21.1 Å². The van der Waals surface area contributed by atoms with Gasteiger partial charge in [0.15, 0.2) is 0 Å². The lowest BCUT2D eigenvalue weighted by Crippen LogP contribution is -2.52. The fourth-order valence-electron chi connectivity index (χ4n) is 3.82. The van der Waals surface area contributed by atoms with Gasteiger partial charge < -0.3 is 20.7 Å². The van der Waals surface area contributed by atoms with Crippen molar-refractivity contribution in [1.82, 2.24) is 15.5 Å². The molecule has 2 heterocycles. The minimum Gasteiger partial charge on any atom is -0.490 e. The van der Waals surface area contributed by atoms with Gasteiger partial charge in [-0.05, 0) is 35.7 Å². The summed E-state index contributed by atoms with van der Waals surface area (Å²) in [5, 5.41) is 5.63. The van der Waals surface area contributed by atoms with Crippen LogP contribution in [0.4, 0.5) is 5.69 Å². The Morgan fingerprint density at radius 2 is 2.00 bits per heavy atom. The van der Waals surface area contributed by atoms with Crippen LogP contribution >= 0.6 is 0 Å². The highest BCUT2D eigenvalue weighted by atomic mass is 16.5. The van der Waals surface area contributed by atoms with Crippen LogP contribution in [-0.2, 0) is 22.7 Å². The number of imide groups is 1. The minimum atomic E-state index is -0.591. The van der Waals surface area contributed by atoms with E-state index < -0.39 is 11.9 Å². The van der Waals surface area contributed by atoms with Crippen LogP contribution in [0.1, 0.15) is 34.3 Å². The molecule has 2 aliphatic heterocycles. The predicted molar refractivity (Wildman–Crippen MR) is 111 cm³/mol. The molecular weight excluding hydrogens is 384 g/mol. The molecule has 0 bridgehead atoms. The molecule has 1 atom stereocenters. The Hall–Kier alpha value is -3.39. The first-order valence-electron chi connectivity index (χ1n) is 9.97. The molecule has 0 saturated carbocycles. The maximum absolute atomic E-state index is 12.7. The number of hydrogen-bond donors (Lipinski definition) is 3. The lowest BCUT2D eigenvalue weighted by molar-refractivity contribution is -0.136. The van der Waals surface area contributed by atoms with Gasteiger partial charge in [0, 0.05) is 31.6 Å². The number of nitrogens with two attached hydrogens (primary N) is 1. The van der Waals surface area contributed by atoms with Crippen LogP contribution in [-0.4, -0.2) is 41.8 Å². The van der Waals surface area contributed by atoms with E-state index in [0.717, 1.165) is 11.1 Å². The molecule has 2 aromatic rings. The molecule has 4 rings (SSSR count). The highest BCUT2D eigenvalue weighted by Crippen LogP contribution is 2.28. The Morgan fingerprint density at radius 1 is 1.17 bits per heavy atom. The van der Waals surface area contributed by atoms with Crippen molar-refractivity contribution in [2.24, 2.45) is 0 Å². The molecule has 0 spiro atoms. The number of amides is 3. The van der Waals surface area contributed by atoms with Crippen molar-refractivity contribution in [3.63, 3.8) is 0 Å². The molecule has 0 aliphatic carbocycles. The number of hydrogen-bond acceptors (Lipinski definition) is 6. The van der Waals surface area contributed by atoms with E-state index in [2.05, 4.69) is 10.6 Å². The van der Waals surface area contributed by atoms with Crippen LogP contribution in [0.5, 0.6) is 5.75 Å². The highest BCUT2D eigenvalue weighted by Gasteiger charge is 2.38. The van der Waals surface area contributed by atoms with Crippen molar-refractivity contribution >= 4 is 23.4 Å². The predicted octanol–water partition coefficient (Wildman–Crippen LogP) is 1.20. The zero-order chi connectivity index (χ0) is 21.1. The van der Waals surface area contributed by atoms with Gasteiger partial charge in [0.1, 0.15) is 18.4 Å². The lowest BCUT2D eigenvalue weighted by Gasteiger charge is -2.29. The second-order valence-electron chi connectivity index (χ2n) is 7.45. The van der Waals surface area contributed by atoms with E-state index in [-0.39, 0.29) is 18.2 Å². The first-order valence-corrected chi connectivity index (χ1v) is 9.97. The van der Waals surface area contributed by atoms with Crippen LogP contribution in [0.3, 0.4) is 0 Å². The number of rotatable bonds is 7. The average molecular weight is 408 g/mol. The zero-order valence-corrected chi connectivity index (χ0v) is 16.5. The fraction of sp³-hybridized carbons (Fsp3) is 0.318. The van der Waals surface area contributed by atoms with Crippen molar-refractivity contribution in [1.29, 1.82) is 0 Å². The number of nitrogens with one attached hydrogen (secondary N) is 2. The molecule has 3 amide bonds.